The number of thioether (sulfide) groups is 1. The van der Waals surface area contributed by atoms with Gasteiger partial charge in [0.25, 0.3) is 0 Å². The normalized spacial score (nSPS) is 26.2. The molecule has 2 atom stereocenters. The van der Waals surface area contributed by atoms with Crippen LogP contribution in [0.5, 0.6) is 0 Å². The van der Waals surface area contributed by atoms with Gasteiger partial charge in [0.05, 0.1) is 7.11 Å². The van der Waals surface area contributed by atoms with Crippen molar-refractivity contribution in [2.45, 2.75) is 48.3 Å². The maximum Gasteiger partial charge on any atom is 0.326 e. The Morgan fingerprint density at radius 3 is 2.85 bits per heavy atom. The van der Waals surface area contributed by atoms with Crippen LogP contribution in [-0.2, 0) is 9.53 Å². The van der Waals surface area contributed by atoms with Gasteiger partial charge in [0, 0.05) is 10.1 Å². The number of nitrogens with one attached hydrogen (secondary N) is 1. The summed E-state index contributed by atoms with van der Waals surface area (Å²) in [4.78, 5) is 13.4. The number of aryl methyl sites for hydroxylation is 1. The SMILES string of the molecule is CNC1(C(=O)OC)CCCC(Sc2ccccc2C)C1. The molecule has 1 aromatic rings. The molecule has 1 aliphatic carbocycles. The molecule has 0 aliphatic heterocycles. The Morgan fingerprint density at radius 2 is 2.20 bits per heavy atom. The van der Waals surface area contributed by atoms with E-state index in [1.165, 1.54) is 17.6 Å². The van der Waals surface area contributed by atoms with Crippen molar-refractivity contribution >= 4 is 17.7 Å². The Hall–Kier alpha value is -1.00. The van der Waals surface area contributed by atoms with Crippen LogP contribution >= 0.6 is 11.8 Å². The molecule has 2 unspecified atom stereocenters. The molecule has 1 N–H and O–H groups in total. The molecule has 0 heterocycles. The number of methoxy groups -OCH3 is 1. The summed E-state index contributed by atoms with van der Waals surface area (Å²) in [7, 11) is 3.33. The van der Waals surface area contributed by atoms with Crippen LogP contribution in [0.4, 0.5) is 0 Å². The highest BCUT2D eigenvalue weighted by atomic mass is 32.2. The van der Waals surface area contributed by atoms with Gasteiger partial charge in [-0.3, -0.25) is 4.79 Å². The van der Waals surface area contributed by atoms with Crippen LogP contribution in [0.25, 0.3) is 0 Å². The number of carbonyl (C=O) groups is 1. The summed E-state index contributed by atoms with van der Waals surface area (Å²) in [5, 5.41) is 3.67. The van der Waals surface area contributed by atoms with E-state index in [0.717, 1.165) is 25.7 Å². The van der Waals surface area contributed by atoms with E-state index in [1.54, 1.807) is 0 Å². The number of ether oxygens (including phenoxy) is 1. The summed E-state index contributed by atoms with van der Waals surface area (Å²) < 4.78 is 5.00. The number of carbonyl (C=O) groups excluding carboxylic acids is 1. The van der Waals surface area contributed by atoms with Gasteiger partial charge in [-0.05, 0) is 51.3 Å². The second-order valence-corrected chi connectivity index (χ2v) is 6.77. The maximum atomic E-state index is 12.1. The first-order chi connectivity index (χ1) is 9.61. The highest BCUT2D eigenvalue weighted by molar-refractivity contribution is 8.00. The molecule has 0 radical (unpaired) electrons. The number of rotatable bonds is 4. The first-order valence-electron chi connectivity index (χ1n) is 7.11. The van der Waals surface area contributed by atoms with E-state index in [9.17, 15) is 4.79 Å². The van der Waals surface area contributed by atoms with E-state index in [4.69, 9.17) is 4.74 Å². The van der Waals surface area contributed by atoms with Gasteiger partial charge in [-0.15, -0.1) is 11.8 Å². The van der Waals surface area contributed by atoms with Crippen LogP contribution in [0.1, 0.15) is 31.2 Å². The van der Waals surface area contributed by atoms with E-state index >= 15 is 0 Å². The lowest BCUT2D eigenvalue weighted by molar-refractivity contribution is -0.149. The third-order valence-corrected chi connectivity index (χ3v) is 5.60. The topological polar surface area (TPSA) is 38.3 Å². The van der Waals surface area contributed by atoms with Crippen molar-refractivity contribution in [2.75, 3.05) is 14.2 Å². The van der Waals surface area contributed by atoms with E-state index in [-0.39, 0.29) is 5.97 Å². The van der Waals surface area contributed by atoms with Gasteiger partial charge in [0.15, 0.2) is 0 Å². The summed E-state index contributed by atoms with van der Waals surface area (Å²) in [6.45, 7) is 2.14. The van der Waals surface area contributed by atoms with Gasteiger partial charge in [0.1, 0.15) is 5.54 Å². The molecule has 0 amide bonds. The Balaban J connectivity index is 2.10. The van der Waals surface area contributed by atoms with Gasteiger partial charge in [0.2, 0.25) is 0 Å². The minimum atomic E-state index is -0.507. The van der Waals surface area contributed by atoms with E-state index < -0.39 is 5.54 Å². The third kappa shape index (κ3) is 3.18. The van der Waals surface area contributed by atoms with E-state index in [1.807, 2.05) is 18.8 Å². The molecule has 1 aliphatic rings. The summed E-state index contributed by atoms with van der Waals surface area (Å²) in [5.41, 5.74) is 0.795. The highest BCUT2D eigenvalue weighted by Gasteiger charge is 2.42. The largest absolute Gasteiger partial charge is 0.468 e. The Labute approximate surface area is 125 Å². The zero-order valence-corrected chi connectivity index (χ0v) is 13.3. The Bertz CT molecular complexity index is 477. The third-order valence-electron chi connectivity index (χ3n) is 4.15. The van der Waals surface area contributed by atoms with Crippen molar-refractivity contribution < 1.29 is 9.53 Å². The summed E-state index contributed by atoms with van der Waals surface area (Å²) in [5.74, 6) is -0.130. The van der Waals surface area contributed by atoms with Gasteiger partial charge in [-0.25, -0.2) is 0 Å². The standard InChI is InChI=1S/C16H23NO2S/c1-12-7-4-5-9-14(12)20-13-8-6-10-16(11-13,17-2)15(18)19-3/h4-5,7,9,13,17H,6,8,10-11H2,1-3H3. The van der Waals surface area contributed by atoms with E-state index in [2.05, 4.69) is 36.5 Å². The summed E-state index contributed by atoms with van der Waals surface area (Å²) in [6, 6.07) is 8.43. The van der Waals surface area contributed by atoms with Gasteiger partial charge >= 0.3 is 5.97 Å². The fourth-order valence-electron chi connectivity index (χ4n) is 2.90. The molecule has 0 bridgehead atoms. The van der Waals surface area contributed by atoms with Crippen LogP contribution in [0.3, 0.4) is 0 Å². The van der Waals surface area contributed by atoms with Gasteiger partial charge in [-0.1, -0.05) is 18.2 Å². The quantitative estimate of drug-likeness (QED) is 0.866. The Kier molecular flexibility index (Phi) is 5.11. The zero-order chi connectivity index (χ0) is 14.6. The molecular formula is C16H23NO2S. The van der Waals surface area contributed by atoms with Crippen LogP contribution in [0.15, 0.2) is 29.2 Å². The van der Waals surface area contributed by atoms with E-state index in [0.29, 0.717) is 5.25 Å². The molecular weight excluding hydrogens is 270 g/mol. The molecule has 20 heavy (non-hydrogen) atoms. The molecule has 0 aromatic heterocycles. The number of hydrogen-bond donors (Lipinski definition) is 1. The smallest absolute Gasteiger partial charge is 0.326 e. The lowest BCUT2D eigenvalue weighted by Gasteiger charge is -2.38. The number of esters is 1. The molecule has 0 saturated heterocycles. The van der Waals surface area contributed by atoms with Crippen molar-refractivity contribution in [2.24, 2.45) is 0 Å². The number of benzene rings is 1. The molecule has 1 aromatic carbocycles. The van der Waals surface area contributed by atoms with Gasteiger partial charge < -0.3 is 10.1 Å². The average molecular weight is 293 g/mol. The second-order valence-electron chi connectivity index (χ2n) is 5.43. The van der Waals surface area contributed by atoms with Crippen molar-refractivity contribution in [1.29, 1.82) is 0 Å². The van der Waals surface area contributed by atoms with Crippen LogP contribution in [-0.4, -0.2) is 30.9 Å². The predicted octanol–water partition coefficient (Wildman–Crippen LogP) is 3.16. The average Bonchev–Trinajstić information content (AvgIpc) is 2.49. The van der Waals surface area contributed by atoms with Crippen molar-refractivity contribution in [3.8, 4) is 0 Å². The predicted molar refractivity (Wildman–Crippen MR) is 83.1 cm³/mol. The minimum Gasteiger partial charge on any atom is -0.468 e. The molecule has 3 nitrogen and oxygen atoms in total. The zero-order valence-electron chi connectivity index (χ0n) is 12.4. The minimum absolute atomic E-state index is 0.130. The lowest BCUT2D eigenvalue weighted by atomic mass is 9.81. The van der Waals surface area contributed by atoms with Crippen molar-refractivity contribution in [3.05, 3.63) is 29.8 Å². The number of hydrogen-bond acceptors (Lipinski definition) is 4. The van der Waals surface area contributed by atoms with Crippen LogP contribution < -0.4 is 5.32 Å². The fraction of sp³-hybridized carbons (Fsp3) is 0.562. The maximum absolute atomic E-state index is 12.1. The molecule has 0 spiro atoms. The molecule has 110 valence electrons. The molecule has 1 fully saturated rings. The fourth-order valence-corrected chi connectivity index (χ4v) is 4.33. The van der Waals surface area contributed by atoms with Crippen molar-refractivity contribution in [1.82, 2.24) is 5.32 Å². The lowest BCUT2D eigenvalue weighted by Crippen LogP contribution is -2.54. The van der Waals surface area contributed by atoms with Crippen LogP contribution in [0, 0.1) is 6.92 Å². The van der Waals surface area contributed by atoms with Gasteiger partial charge in [-0.2, -0.15) is 0 Å². The molecule has 2 rings (SSSR count). The number of likely N-dealkylation sites (N-methyl/N-ethyl adjacent to an activating group) is 1. The summed E-state index contributed by atoms with van der Waals surface area (Å²) >= 11 is 1.89. The van der Waals surface area contributed by atoms with Crippen LogP contribution in [0.2, 0.25) is 0 Å². The first-order valence-corrected chi connectivity index (χ1v) is 7.99. The second kappa shape index (κ2) is 6.64. The summed E-state index contributed by atoms with van der Waals surface area (Å²) in [6.07, 6.45) is 3.90. The molecule has 4 heteroatoms. The van der Waals surface area contributed by atoms with Crippen molar-refractivity contribution in [3.63, 3.8) is 0 Å². The monoisotopic (exact) mass is 293 g/mol. The first kappa shape index (κ1) is 15.4. The Morgan fingerprint density at radius 1 is 1.45 bits per heavy atom. The molecule has 1 saturated carbocycles. The highest BCUT2D eigenvalue weighted by Crippen LogP contribution is 2.39.